The second-order valence-corrected chi connectivity index (χ2v) is 7.63. The third-order valence-electron chi connectivity index (χ3n) is 5.02. The van der Waals surface area contributed by atoms with Crippen molar-refractivity contribution in [3.05, 3.63) is 29.8 Å². The summed E-state index contributed by atoms with van der Waals surface area (Å²) in [6.07, 6.45) is 4.28. The van der Waals surface area contributed by atoms with E-state index in [1.54, 1.807) is 0 Å². The molecular formula is C18H28N2. The second kappa shape index (κ2) is 5.40. The van der Waals surface area contributed by atoms with Crippen LogP contribution in [0.5, 0.6) is 0 Å². The lowest BCUT2D eigenvalue weighted by Gasteiger charge is -2.38. The Hall–Kier alpha value is -1.02. The largest absolute Gasteiger partial charge is 0.369 e. The topological polar surface area (TPSA) is 15.3 Å². The first-order valence-corrected chi connectivity index (χ1v) is 8.10. The summed E-state index contributed by atoms with van der Waals surface area (Å²) in [5, 5.41) is 3.78. The summed E-state index contributed by atoms with van der Waals surface area (Å²) >= 11 is 0. The van der Waals surface area contributed by atoms with Crippen LogP contribution in [0.2, 0.25) is 0 Å². The standard InChI is InChI=1S/C18H28N2/c1-18(2,3)17-13-20(12-14-7-6-8-14)16-10-5-4-9-15(16)11-19-17/h4-5,9-10,14,17,19H,6-8,11-13H2,1-3H3. The first-order chi connectivity index (χ1) is 9.54. The van der Waals surface area contributed by atoms with Gasteiger partial charge in [-0.1, -0.05) is 45.4 Å². The van der Waals surface area contributed by atoms with Crippen molar-refractivity contribution >= 4 is 5.69 Å². The highest BCUT2D eigenvalue weighted by Crippen LogP contribution is 2.33. The minimum Gasteiger partial charge on any atom is -0.369 e. The number of rotatable bonds is 2. The van der Waals surface area contributed by atoms with Gasteiger partial charge in [0.25, 0.3) is 0 Å². The number of anilines is 1. The normalized spacial score (nSPS) is 23.9. The fraction of sp³-hybridized carbons (Fsp3) is 0.667. The molecule has 0 saturated heterocycles. The second-order valence-electron chi connectivity index (χ2n) is 7.63. The Morgan fingerprint density at radius 3 is 2.60 bits per heavy atom. The lowest BCUT2D eigenvalue weighted by molar-refractivity contribution is 0.261. The number of hydrogen-bond acceptors (Lipinski definition) is 2. The highest BCUT2D eigenvalue weighted by molar-refractivity contribution is 5.54. The molecule has 1 atom stereocenters. The lowest BCUT2D eigenvalue weighted by atomic mass is 9.83. The van der Waals surface area contributed by atoms with Gasteiger partial charge in [-0.05, 0) is 35.8 Å². The Labute approximate surface area is 123 Å². The van der Waals surface area contributed by atoms with E-state index in [0.29, 0.717) is 11.5 Å². The molecule has 0 spiro atoms. The quantitative estimate of drug-likeness (QED) is 0.880. The average Bonchev–Trinajstić information content (AvgIpc) is 2.53. The molecule has 1 aliphatic heterocycles. The molecule has 1 aliphatic carbocycles. The van der Waals surface area contributed by atoms with Crippen LogP contribution in [0.15, 0.2) is 24.3 Å². The predicted molar refractivity (Wildman–Crippen MR) is 86.1 cm³/mol. The van der Waals surface area contributed by atoms with E-state index in [0.717, 1.165) is 19.0 Å². The SMILES string of the molecule is CC(C)(C)C1CN(CC2CCC2)c2ccccc2CN1. The van der Waals surface area contributed by atoms with Crippen molar-refractivity contribution in [1.29, 1.82) is 0 Å². The van der Waals surface area contributed by atoms with E-state index in [1.807, 2.05) is 0 Å². The molecule has 3 rings (SSSR count). The average molecular weight is 272 g/mol. The smallest absolute Gasteiger partial charge is 0.0412 e. The van der Waals surface area contributed by atoms with Crippen molar-refractivity contribution in [2.45, 2.75) is 52.6 Å². The van der Waals surface area contributed by atoms with Gasteiger partial charge in [0.1, 0.15) is 0 Å². The fourth-order valence-corrected chi connectivity index (χ4v) is 3.33. The molecule has 1 aromatic carbocycles. The van der Waals surface area contributed by atoms with Gasteiger partial charge in [0, 0.05) is 31.4 Å². The molecule has 20 heavy (non-hydrogen) atoms. The molecule has 1 fully saturated rings. The van der Waals surface area contributed by atoms with Crippen LogP contribution in [-0.2, 0) is 6.54 Å². The molecule has 1 aromatic rings. The van der Waals surface area contributed by atoms with E-state index in [4.69, 9.17) is 0 Å². The summed E-state index contributed by atoms with van der Waals surface area (Å²) < 4.78 is 0. The fourth-order valence-electron chi connectivity index (χ4n) is 3.33. The highest BCUT2D eigenvalue weighted by atomic mass is 15.2. The third kappa shape index (κ3) is 2.85. The number of nitrogens with zero attached hydrogens (tertiary/aromatic N) is 1. The van der Waals surface area contributed by atoms with Crippen molar-refractivity contribution in [3.63, 3.8) is 0 Å². The van der Waals surface area contributed by atoms with E-state index in [9.17, 15) is 0 Å². The molecule has 1 heterocycles. The molecule has 0 radical (unpaired) electrons. The van der Waals surface area contributed by atoms with Gasteiger partial charge < -0.3 is 10.2 Å². The van der Waals surface area contributed by atoms with Crippen LogP contribution in [0, 0.1) is 11.3 Å². The zero-order chi connectivity index (χ0) is 14.2. The Kier molecular flexibility index (Phi) is 3.76. The number of nitrogens with one attached hydrogen (secondary N) is 1. The van der Waals surface area contributed by atoms with Gasteiger partial charge in [-0.25, -0.2) is 0 Å². The van der Waals surface area contributed by atoms with Gasteiger partial charge >= 0.3 is 0 Å². The summed E-state index contributed by atoms with van der Waals surface area (Å²) in [4.78, 5) is 2.65. The number of para-hydroxylation sites is 1. The monoisotopic (exact) mass is 272 g/mol. The zero-order valence-corrected chi connectivity index (χ0v) is 13.2. The first kappa shape index (κ1) is 13.9. The summed E-state index contributed by atoms with van der Waals surface area (Å²) in [6.45, 7) is 10.4. The summed E-state index contributed by atoms with van der Waals surface area (Å²) in [5.74, 6) is 0.918. The van der Waals surface area contributed by atoms with Crippen molar-refractivity contribution in [1.82, 2.24) is 5.32 Å². The van der Waals surface area contributed by atoms with Gasteiger partial charge in [-0.15, -0.1) is 0 Å². The van der Waals surface area contributed by atoms with Crippen LogP contribution >= 0.6 is 0 Å². The first-order valence-electron chi connectivity index (χ1n) is 8.10. The molecule has 1 unspecified atom stereocenters. The van der Waals surface area contributed by atoms with Gasteiger partial charge in [-0.3, -0.25) is 0 Å². The van der Waals surface area contributed by atoms with Crippen LogP contribution in [0.4, 0.5) is 5.69 Å². The summed E-state index contributed by atoms with van der Waals surface area (Å²) in [5.41, 5.74) is 3.22. The van der Waals surface area contributed by atoms with Gasteiger partial charge in [-0.2, -0.15) is 0 Å². The predicted octanol–water partition coefficient (Wildman–Crippen LogP) is 3.81. The Balaban J connectivity index is 1.85. The number of hydrogen-bond donors (Lipinski definition) is 1. The Morgan fingerprint density at radius 2 is 1.95 bits per heavy atom. The number of benzene rings is 1. The molecule has 1 N–H and O–H groups in total. The molecule has 110 valence electrons. The zero-order valence-electron chi connectivity index (χ0n) is 13.2. The van der Waals surface area contributed by atoms with E-state index < -0.39 is 0 Å². The van der Waals surface area contributed by atoms with Crippen LogP contribution in [-0.4, -0.2) is 19.1 Å². The van der Waals surface area contributed by atoms with Crippen LogP contribution in [0.1, 0.15) is 45.6 Å². The van der Waals surface area contributed by atoms with Crippen LogP contribution in [0.25, 0.3) is 0 Å². The maximum atomic E-state index is 3.78. The van der Waals surface area contributed by atoms with Crippen molar-refractivity contribution < 1.29 is 0 Å². The minimum atomic E-state index is 0.305. The third-order valence-corrected chi connectivity index (χ3v) is 5.02. The van der Waals surface area contributed by atoms with E-state index in [1.165, 1.54) is 37.1 Å². The molecule has 2 heteroatoms. The van der Waals surface area contributed by atoms with Crippen LogP contribution in [0.3, 0.4) is 0 Å². The molecular weight excluding hydrogens is 244 g/mol. The lowest BCUT2D eigenvalue weighted by Crippen LogP contribution is -2.47. The van der Waals surface area contributed by atoms with E-state index in [2.05, 4.69) is 55.3 Å². The highest BCUT2D eigenvalue weighted by Gasteiger charge is 2.31. The molecule has 0 bridgehead atoms. The summed E-state index contributed by atoms with van der Waals surface area (Å²) in [7, 11) is 0. The van der Waals surface area contributed by atoms with Gasteiger partial charge in [0.15, 0.2) is 0 Å². The Bertz CT molecular complexity index is 457. The molecule has 1 saturated carbocycles. The maximum Gasteiger partial charge on any atom is 0.0412 e. The van der Waals surface area contributed by atoms with E-state index in [-0.39, 0.29) is 0 Å². The van der Waals surface area contributed by atoms with Gasteiger partial charge in [0.05, 0.1) is 0 Å². The summed E-state index contributed by atoms with van der Waals surface area (Å²) in [6, 6.07) is 9.49. The van der Waals surface area contributed by atoms with Crippen molar-refractivity contribution in [2.75, 3.05) is 18.0 Å². The van der Waals surface area contributed by atoms with Crippen molar-refractivity contribution in [2.24, 2.45) is 11.3 Å². The van der Waals surface area contributed by atoms with Crippen LogP contribution < -0.4 is 10.2 Å². The Morgan fingerprint density at radius 1 is 1.20 bits per heavy atom. The number of fused-ring (bicyclic) bond motifs is 1. The molecule has 0 aromatic heterocycles. The maximum absolute atomic E-state index is 3.78. The van der Waals surface area contributed by atoms with E-state index >= 15 is 0 Å². The molecule has 2 nitrogen and oxygen atoms in total. The minimum absolute atomic E-state index is 0.305. The molecule has 2 aliphatic rings. The molecule has 0 amide bonds. The van der Waals surface area contributed by atoms with Crippen molar-refractivity contribution in [3.8, 4) is 0 Å². The van der Waals surface area contributed by atoms with Gasteiger partial charge in [0.2, 0.25) is 0 Å².